The number of allylic oxidation sites excluding steroid dienone is 1. The number of fused-ring (bicyclic) bond motifs is 1. The van der Waals surface area contributed by atoms with E-state index in [1.165, 1.54) is 31.3 Å². The standard InChI is InChI=1S/C28H30FN3O5/c1-18(2)37-28-26-21(16-24(29)27(28)31-13-11-30(12-14-31)19(3)33)15-22(17-32(26)35)25(34)10-7-20-5-8-23(36-4)9-6-20/h5-10,15-18H,11-14H2,1-4H3. The van der Waals surface area contributed by atoms with Crippen LogP contribution in [0.15, 0.2) is 48.7 Å². The average molecular weight is 508 g/mol. The molecule has 4 rings (SSSR count). The third kappa shape index (κ3) is 5.66. The van der Waals surface area contributed by atoms with Crippen molar-refractivity contribution >= 4 is 34.4 Å². The summed E-state index contributed by atoms with van der Waals surface area (Å²) in [6, 6.07) is 9.93. The van der Waals surface area contributed by atoms with E-state index >= 15 is 4.39 Å². The van der Waals surface area contributed by atoms with Gasteiger partial charge in [-0.1, -0.05) is 18.2 Å². The average Bonchev–Trinajstić information content (AvgIpc) is 2.87. The van der Waals surface area contributed by atoms with Gasteiger partial charge in [-0.2, -0.15) is 4.73 Å². The second kappa shape index (κ2) is 10.9. The van der Waals surface area contributed by atoms with Crippen molar-refractivity contribution in [2.24, 2.45) is 0 Å². The van der Waals surface area contributed by atoms with Crippen LogP contribution in [0.1, 0.15) is 36.7 Å². The molecule has 0 spiro atoms. The van der Waals surface area contributed by atoms with Crippen molar-refractivity contribution in [2.45, 2.75) is 26.9 Å². The summed E-state index contributed by atoms with van der Waals surface area (Å²) in [5, 5.41) is 13.5. The van der Waals surface area contributed by atoms with Crippen LogP contribution in [-0.2, 0) is 4.79 Å². The van der Waals surface area contributed by atoms with Crippen LogP contribution >= 0.6 is 0 Å². The molecule has 0 saturated carbocycles. The number of methoxy groups -OCH3 is 1. The number of rotatable bonds is 7. The van der Waals surface area contributed by atoms with Gasteiger partial charge in [0.05, 0.1) is 24.2 Å². The minimum Gasteiger partial charge on any atom is -0.618 e. The Bertz CT molecular complexity index is 1350. The molecule has 1 saturated heterocycles. The highest BCUT2D eigenvalue weighted by atomic mass is 19.1. The zero-order valence-electron chi connectivity index (χ0n) is 21.4. The fraction of sp³-hybridized carbons (Fsp3) is 0.321. The molecule has 8 nitrogen and oxygen atoms in total. The number of aromatic nitrogens is 1. The molecular formula is C28H30FN3O5. The molecule has 0 unspecified atom stereocenters. The van der Waals surface area contributed by atoms with E-state index in [4.69, 9.17) is 9.47 Å². The number of ether oxygens (including phenoxy) is 2. The van der Waals surface area contributed by atoms with Gasteiger partial charge in [0, 0.05) is 33.1 Å². The zero-order chi connectivity index (χ0) is 26.7. The molecule has 37 heavy (non-hydrogen) atoms. The lowest BCUT2D eigenvalue weighted by Crippen LogP contribution is -2.48. The van der Waals surface area contributed by atoms with E-state index in [0.29, 0.717) is 36.7 Å². The van der Waals surface area contributed by atoms with Gasteiger partial charge in [-0.05, 0) is 49.8 Å². The highest BCUT2D eigenvalue weighted by Crippen LogP contribution is 2.39. The van der Waals surface area contributed by atoms with Gasteiger partial charge in [0.25, 0.3) is 5.52 Å². The summed E-state index contributed by atoms with van der Waals surface area (Å²) >= 11 is 0. The lowest BCUT2D eigenvalue weighted by atomic mass is 10.1. The van der Waals surface area contributed by atoms with Crippen molar-refractivity contribution in [2.75, 3.05) is 38.2 Å². The first kappa shape index (κ1) is 25.9. The predicted octanol–water partition coefficient (Wildman–Crippen LogP) is 3.97. The lowest BCUT2D eigenvalue weighted by molar-refractivity contribution is -0.577. The second-order valence-electron chi connectivity index (χ2n) is 9.16. The number of carbonyl (C=O) groups is 2. The predicted molar refractivity (Wildman–Crippen MR) is 139 cm³/mol. The number of hydrogen-bond acceptors (Lipinski definition) is 6. The van der Waals surface area contributed by atoms with Gasteiger partial charge in [-0.3, -0.25) is 9.59 Å². The number of amides is 1. The smallest absolute Gasteiger partial charge is 0.268 e. The van der Waals surface area contributed by atoms with Crippen molar-refractivity contribution in [3.63, 3.8) is 0 Å². The van der Waals surface area contributed by atoms with Crippen molar-refractivity contribution in [3.8, 4) is 11.5 Å². The van der Waals surface area contributed by atoms with E-state index in [9.17, 15) is 14.8 Å². The molecular weight excluding hydrogens is 477 g/mol. The Morgan fingerprint density at radius 2 is 1.78 bits per heavy atom. The first-order valence-electron chi connectivity index (χ1n) is 12.1. The third-order valence-corrected chi connectivity index (χ3v) is 6.22. The number of benzene rings is 2. The van der Waals surface area contributed by atoms with Gasteiger partial charge in [0.15, 0.2) is 17.8 Å². The van der Waals surface area contributed by atoms with Crippen LogP contribution in [0.25, 0.3) is 17.0 Å². The van der Waals surface area contributed by atoms with E-state index in [1.807, 2.05) is 0 Å². The Labute approximate surface area is 215 Å². The fourth-order valence-electron chi connectivity index (χ4n) is 4.36. The van der Waals surface area contributed by atoms with Gasteiger partial charge >= 0.3 is 0 Å². The SMILES string of the molecule is COc1ccc(C=CC(=O)c2cc3cc(F)c(N4CCN(C(C)=O)CC4)c(OC(C)C)c3[n+]([O-])c2)cc1. The molecule has 1 aromatic heterocycles. The minimum atomic E-state index is -0.558. The summed E-state index contributed by atoms with van der Waals surface area (Å²) in [6.07, 6.45) is 3.87. The van der Waals surface area contributed by atoms with Crippen LogP contribution in [0.2, 0.25) is 0 Å². The van der Waals surface area contributed by atoms with Crippen LogP contribution in [0.3, 0.4) is 0 Å². The summed E-state index contributed by atoms with van der Waals surface area (Å²) in [5.74, 6) is -0.153. The molecule has 1 amide bonds. The minimum absolute atomic E-state index is 0.0343. The topological polar surface area (TPSA) is 86.0 Å². The fourth-order valence-corrected chi connectivity index (χ4v) is 4.36. The normalized spacial score (nSPS) is 14.0. The Morgan fingerprint density at radius 3 is 2.38 bits per heavy atom. The Kier molecular flexibility index (Phi) is 7.61. The highest BCUT2D eigenvalue weighted by molar-refractivity contribution is 6.08. The molecule has 2 aromatic carbocycles. The maximum Gasteiger partial charge on any atom is 0.268 e. The molecule has 9 heteroatoms. The van der Waals surface area contributed by atoms with Crippen LogP contribution in [0, 0.1) is 11.0 Å². The quantitative estimate of drug-likeness (QED) is 0.208. The van der Waals surface area contributed by atoms with E-state index in [2.05, 4.69) is 0 Å². The summed E-state index contributed by atoms with van der Waals surface area (Å²) < 4.78 is 27.2. The molecule has 1 aliphatic rings. The maximum atomic E-state index is 15.5. The Hall–Kier alpha value is -4.14. The zero-order valence-corrected chi connectivity index (χ0v) is 21.4. The molecule has 0 bridgehead atoms. The van der Waals surface area contributed by atoms with Crippen LogP contribution < -0.4 is 19.1 Å². The number of anilines is 1. The number of hydrogen-bond donors (Lipinski definition) is 0. The van der Waals surface area contributed by atoms with Gasteiger partial charge in [-0.25, -0.2) is 4.39 Å². The van der Waals surface area contributed by atoms with E-state index in [1.54, 1.807) is 61.1 Å². The van der Waals surface area contributed by atoms with Crippen LogP contribution in [0.4, 0.5) is 10.1 Å². The number of carbonyl (C=O) groups excluding carboxylic acids is 2. The summed E-state index contributed by atoms with van der Waals surface area (Å²) in [4.78, 5) is 28.1. The highest BCUT2D eigenvalue weighted by Gasteiger charge is 2.30. The van der Waals surface area contributed by atoms with Gasteiger partial charge in [0.1, 0.15) is 11.4 Å². The molecule has 0 aliphatic carbocycles. The molecule has 0 N–H and O–H groups in total. The number of ketones is 1. The molecule has 1 aliphatic heterocycles. The van der Waals surface area contributed by atoms with Crippen molar-refractivity contribution in [3.05, 3.63) is 70.8 Å². The monoisotopic (exact) mass is 507 g/mol. The summed E-state index contributed by atoms with van der Waals surface area (Å²) in [7, 11) is 1.57. The second-order valence-corrected chi connectivity index (χ2v) is 9.16. The number of halogens is 1. The van der Waals surface area contributed by atoms with E-state index in [0.717, 1.165) is 5.56 Å². The van der Waals surface area contributed by atoms with E-state index < -0.39 is 11.6 Å². The largest absolute Gasteiger partial charge is 0.618 e. The third-order valence-electron chi connectivity index (χ3n) is 6.22. The lowest BCUT2D eigenvalue weighted by Gasteiger charge is -2.36. The maximum absolute atomic E-state index is 15.5. The number of pyridine rings is 1. The molecule has 2 heterocycles. The van der Waals surface area contributed by atoms with Gasteiger partial charge in [-0.15, -0.1) is 0 Å². The summed E-state index contributed by atoms with van der Waals surface area (Å²) in [6.45, 7) is 6.80. The number of piperazine rings is 1. The first-order valence-corrected chi connectivity index (χ1v) is 12.1. The van der Waals surface area contributed by atoms with Crippen molar-refractivity contribution < 1.29 is 28.2 Å². The van der Waals surface area contributed by atoms with Gasteiger partial charge in [0.2, 0.25) is 11.7 Å². The van der Waals surface area contributed by atoms with Crippen LogP contribution in [0.5, 0.6) is 11.5 Å². The molecule has 1 fully saturated rings. The molecule has 194 valence electrons. The Morgan fingerprint density at radius 1 is 1.11 bits per heavy atom. The van der Waals surface area contributed by atoms with Crippen molar-refractivity contribution in [1.29, 1.82) is 0 Å². The van der Waals surface area contributed by atoms with Crippen LogP contribution in [-0.4, -0.2) is 56.0 Å². The van der Waals surface area contributed by atoms with E-state index in [-0.39, 0.29) is 39.9 Å². The number of nitrogens with zero attached hydrogens (tertiary/aromatic N) is 3. The summed E-state index contributed by atoms with van der Waals surface area (Å²) in [5.41, 5.74) is 1.25. The molecule has 0 radical (unpaired) electrons. The first-order chi connectivity index (χ1) is 17.7. The van der Waals surface area contributed by atoms with Crippen molar-refractivity contribution in [1.82, 2.24) is 4.90 Å². The molecule has 0 atom stereocenters. The Balaban J connectivity index is 1.70. The molecule has 3 aromatic rings. The van der Waals surface area contributed by atoms with Gasteiger partial charge < -0.3 is 24.5 Å².